The molecule has 0 aliphatic rings. The summed E-state index contributed by atoms with van der Waals surface area (Å²) in [6.45, 7) is 1.55. The van der Waals surface area contributed by atoms with Gasteiger partial charge in [-0.1, -0.05) is 11.6 Å². The fourth-order valence-electron chi connectivity index (χ4n) is 2.18. The van der Waals surface area contributed by atoms with Crippen molar-refractivity contribution in [3.63, 3.8) is 0 Å². The monoisotopic (exact) mass is 344 g/mol. The normalized spacial score (nSPS) is 10.8. The number of fused-ring (bicyclic) bond motifs is 1. The molecule has 0 aliphatic carbocycles. The standard InChI is InChI=1S/C15H13ClN6O2/c1-7-10(5-8-4-9(16)2-3-11(8)19-7)13(23)24-6-12-20-14(17)22-15(18)21-12/h2-5H,6H2,1H3,(H4,17,18,20,21,22). The third-order valence-corrected chi connectivity index (χ3v) is 3.47. The summed E-state index contributed by atoms with van der Waals surface area (Å²) in [5.41, 5.74) is 12.6. The van der Waals surface area contributed by atoms with E-state index < -0.39 is 5.97 Å². The summed E-state index contributed by atoms with van der Waals surface area (Å²) in [6.07, 6.45) is 0. The third-order valence-electron chi connectivity index (χ3n) is 3.24. The van der Waals surface area contributed by atoms with Crippen LogP contribution < -0.4 is 11.5 Å². The van der Waals surface area contributed by atoms with E-state index in [4.69, 9.17) is 27.8 Å². The molecule has 0 aliphatic heterocycles. The number of hydrogen-bond donors (Lipinski definition) is 2. The second-order valence-electron chi connectivity index (χ2n) is 5.00. The number of rotatable bonds is 3. The Morgan fingerprint density at radius 3 is 2.54 bits per heavy atom. The van der Waals surface area contributed by atoms with Gasteiger partial charge < -0.3 is 16.2 Å². The summed E-state index contributed by atoms with van der Waals surface area (Å²) in [5.74, 6) is -0.458. The van der Waals surface area contributed by atoms with Gasteiger partial charge in [-0.3, -0.25) is 4.98 Å². The Morgan fingerprint density at radius 2 is 1.83 bits per heavy atom. The molecule has 0 saturated carbocycles. The van der Waals surface area contributed by atoms with E-state index in [0.29, 0.717) is 16.3 Å². The number of anilines is 2. The summed E-state index contributed by atoms with van der Waals surface area (Å²) in [6, 6.07) is 6.94. The molecule has 8 nitrogen and oxygen atoms in total. The van der Waals surface area contributed by atoms with Gasteiger partial charge in [0, 0.05) is 10.4 Å². The second kappa shape index (κ2) is 6.25. The predicted octanol–water partition coefficient (Wildman–Crippen LogP) is 1.90. The van der Waals surface area contributed by atoms with Crippen LogP contribution in [0.3, 0.4) is 0 Å². The summed E-state index contributed by atoms with van der Waals surface area (Å²) in [4.78, 5) is 28.0. The first-order valence-corrected chi connectivity index (χ1v) is 7.30. The van der Waals surface area contributed by atoms with Gasteiger partial charge in [-0.25, -0.2) is 4.79 Å². The van der Waals surface area contributed by atoms with E-state index in [0.717, 1.165) is 10.9 Å². The lowest BCUT2D eigenvalue weighted by molar-refractivity contribution is 0.0461. The van der Waals surface area contributed by atoms with Crippen molar-refractivity contribution in [1.82, 2.24) is 19.9 Å². The molecule has 3 rings (SSSR count). The molecular formula is C15H13ClN6O2. The Kier molecular flexibility index (Phi) is 4.13. The number of hydrogen-bond acceptors (Lipinski definition) is 8. The van der Waals surface area contributed by atoms with Crippen LogP contribution in [0.2, 0.25) is 5.02 Å². The molecule has 0 atom stereocenters. The number of carbonyl (C=O) groups excluding carboxylic acids is 1. The predicted molar refractivity (Wildman–Crippen MR) is 89.3 cm³/mol. The quantitative estimate of drug-likeness (QED) is 0.689. The molecule has 0 unspecified atom stereocenters. The number of halogens is 1. The van der Waals surface area contributed by atoms with E-state index in [-0.39, 0.29) is 24.3 Å². The summed E-state index contributed by atoms with van der Waals surface area (Å²) < 4.78 is 5.21. The molecule has 3 aromatic rings. The zero-order valence-corrected chi connectivity index (χ0v) is 13.4. The minimum atomic E-state index is -0.556. The van der Waals surface area contributed by atoms with Gasteiger partial charge >= 0.3 is 5.97 Å². The summed E-state index contributed by atoms with van der Waals surface area (Å²) in [7, 11) is 0. The number of carbonyl (C=O) groups is 1. The maximum absolute atomic E-state index is 12.3. The van der Waals surface area contributed by atoms with Crippen molar-refractivity contribution >= 4 is 40.4 Å². The molecule has 122 valence electrons. The Bertz CT molecular complexity index is 926. The minimum Gasteiger partial charge on any atom is -0.454 e. The smallest absolute Gasteiger partial charge is 0.340 e. The zero-order valence-electron chi connectivity index (χ0n) is 12.7. The molecule has 2 heterocycles. The van der Waals surface area contributed by atoms with Gasteiger partial charge in [0.25, 0.3) is 0 Å². The van der Waals surface area contributed by atoms with Crippen molar-refractivity contribution in [3.8, 4) is 0 Å². The van der Waals surface area contributed by atoms with E-state index in [9.17, 15) is 4.79 Å². The average Bonchev–Trinajstić information content (AvgIpc) is 2.51. The van der Waals surface area contributed by atoms with Crippen LogP contribution in [0.4, 0.5) is 11.9 Å². The van der Waals surface area contributed by atoms with Gasteiger partial charge in [-0.05, 0) is 31.2 Å². The molecule has 0 radical (unpaired) electrons. The Hall–Kier alpha value is -3.00. The van der Waals surface area contributed by atoms with Gasteiger partial charge in [-0.2, -0.15) is 15.0 Å². The maximum Gasteiger partial charge on any atom is 0.340 e. The molecule has 9 heteroatoms. The van der Waals surface area contributed by atoms with E-state index in [2.05, 4.69) is 19.9 Å². The highest BCUT2D eigenvalue weighted by Gasteiger charge is 2.14. The van der Waals surface area contributed by atoms with Crippen LogP contribution >= 0.6 is 11.6 Å². The van der Waals surface area contributed by atoms with Crippen molar-refractivity contribution < 1.29 is 9.53 Å². The second-order valence-corrected chi connectivity index (χ2v) is 5.44. The highest BCUT2D eigenvalue weighted by molar-refractivity contribution is 6.31. The van der Waals surface area contributed by atoms with Crippen molar-refractivity contribution in [1.29, 1.82) is 0 Å². The molecule has 0 spiro atoms. The van der Waals surface area contributed by atoms with Gasteiger partial charge in [0.2, 0.25) is 11.9 Å². The highest BCUT2D eigenvalue weighted by Crippen LogP contribution is 2.21. The number of aromatic nitrogens is 4. The molecule has 0 saturated heterocycles. The van der Waals surface area contributed by atoms with Gasteiger partial charge in [0.1, 0.15) is 0 Å². The Balaban J connectivity index is 1.84. The summed E-state index contributed by atoms with van der Waals surface area (Å²) >= 11 is 5.97. The Morgan fingerprint density at radius 1 is 1.12 bits per heavy atom. The van der Waals surface area contributed by atoms with Crippen molar-refractivity contribution in [2.24, 2.45) is 0 Å². The van der Waals surface area contributed by atoms with Gasteiger partial charge in [0.05, 0.1) is 16.8 Å². The number of nitrogens with two attached hydrogens (primary N) is 2. The first-order valence-electron chi connectivity index (χ1n) is 6.92. The molecule has 0 fully saturated rings. The lowest BCUT2D eigenvalue weighted by Crippen LogP contribution is -2.12. The summed E-state index contributed by atoms with van der Waals surface area (Å²) in [5, 5.41) is 1.30. The number of ether oxygens (including phenoxy) is 1. The van der Waals surface area contributed by atoms with Gasteiger partial charge in [-0.15, -0.1) is 0 Å². The van der Waals surface area contributed by atoms with Crippen LogP contribution in [-0.2, 0) is 11.3 Å². The van der Waals surface area contributed by atoms with Crippen molar-refractivity contribution in [3.05, 3.63) is 46.4 Å². The largest absolute Gasteiger partial charge is 0.454 e. The fraction of sp³-hybridized carbons (Fsp3) is 0.133. The van der Waals surface area contributed by atoms with Crippen molar-refractivity contribution in [2.45, 2.75) is 13.5 Å². The van der Waals surface area contributed by atoms with E-state index in [1.807, 2.05) is 0 Å². The fourth-order valence-corrected chi connectivity index (χ4v) is 2.36. The molecule has 0 amide bonds. The molecular weight excluding hydrogens is 332 g/mol. The SMILES string of the molecule is Cc1nc2ccc(Cl)cc2cc1C(=O)OCc1nc(N)nc(N)n1. The lowest BCUT2D eigenvalue weighted by atomic mass is 10.1. The van der Waals surface area contributed by atoms with Crippen LogP contribution in [0, 0.1) is 6.92 Å². The van der Waals surface area contributed by atoms with E-state index in [1.54, 1.807) is 31.2 Å². The number of nitrogen functional groups attached to an aromatic ring is 2. The molecule has 1 aromatic carbocycles. The molecule has 24 heavy (non-hydrogen) atoms. The number of benzene rings is 1. The number of esters is 1. The third kappa shape index (κ3) is 3.33. The van der Waals surface area contributed by atoms with Gasteiger partial charge in [0.15, 0.2) is 12.4 Å². The lowest BCUT2D eigenvalue weighted by Gasteiger charge is -2.08. The van der Waals surface area contributed by atoms with Crippen LogP contribution in [0.25, 0.3) is 10.9 Å². The van der Waals surface area contributed by atoms with Crippen LogP contribution in [-0.4, -0.2) is 25.9 Å². The number of pyridine rings is 1. The molecule has 4 N–H and O–H groups in total. The van der Waals surface area contributed by atoms with Crippen LogP contribution in [0.1, 0.15) is 21.9 Å². The maximum atomic E-state index is 12.3. The van der Waals surface area contributed by atoms with Crippen molar-refractivity contribution in [2.75, 3.05) is 11.5 Å². The number of nitrogens with zero attached hydrogens (tertiary/aromatic N) is 4. The molecule has 2 aromatic heterocycles. The highest BCUT2D eigenvalue weighted by atomic mass is 35.5. The molecule has 0 bridgehead atoms. The minimum absolute atomic E-state index is 0.0354. The van der Waals surface area contributed by atoms with Crippen LogP contribution in [0.15, 0.2) is 24.3 Å². The topological polar surface area (TPSA) is 130 Å². The first kappa shape index (κ1) is 15.9. The zero-order chi connectivity index (χ0) is 17.3. The van der Waals surface area contributed by atoms with Crippen LogP contribution in [0.5, 0.6) is 0 Å². The van der Waals surface area contributed by atoms with E-state index >= 15 is 0 Å². The number of aryl methyl sites for hydroxylation is 1. The average molecular weight is 345 g/mol. The first-order chi connectivity index (χ1) is 11.4. The Labute approximate surface area is 141 Å². The van der Waals surface area contributed by atoms with E-state index in [1.165, 1.54) is 0 Å².